The number of ether oxygens (including phenoxy) is 1. The van der Waals surface area contributed by atoms with Crippen LogP contribution in [0.3, 0.4) is 0 Å². The van der Waals surface area contributed by atoms with E-state index in [0.717, 1.165) is 31.6 Å². The van der Waals surface area contributed by atoms with E-state index in [4.69, 9.17) is 10.5 Å². The molecule has 0 aliphatic rings. The molecule has 2 nitrogen and oxygen atoms in total. The maximum absolute atomic E-state index is 5.51. The van der Waals surface area contributed by atoms with Gasteiger partial charge in [-0.15, -0.1) is 11.3 Å². The van der Waals surface area contributed by atoms with E-state index in [9.17, 15) is 0 Å². The van der Waals surface area contributed by atoms with E-state index in [1.54, 1.807) is 18.4 Å². The summed E-state index contributed by atoms with van der Waals surface area (Å²) in [5.41, 5.74) is 6.81. The van der Waals surface area contributed by atoms with E-state index in [1.165, 1.54) is 15.6 Å². The van der Waals surface area contributed by atoms with Gasteiger partial charge in [-0.05, 0) is 60.3 Å². The van der Waals surface area contributed by atoms with Crippen molar-refractivity contribution in [2.45, 2.75) is 19.3 Å². The van der Waals surface area contributed by atoms with Gasteiger partial charge in [-0.2, -0.15) is 0 Å². The molecule has 86 valence electrons. The van der Waals surface area contributed by atoms with Gasteiger partial charge in [-0.25, -0.2) is 0 Å². The fourth-order valence-corrected chi connectivity index (χ4v) is 2.71. The van der Waals surface area contributed by atoms with Crippen LogP contribution in [-0.2, 0) is 6.42 Å². The molecule has 0 atom stereocenters. The fraction of sp³-hybridized carbons (Fsp3) is 0.385. The molecule has 3 heteroatoms. The molecule has 0 aliphatic heterocycles. The Morgan fingerprint density at radius 1 is 1.31 bits per heavy atom. The third-order valence-corrected chi connectivity index (χ3v) is 3.64. The van der Waals surface area contributed by atoms with Gasteiger partial charge in [0.25, 0.3) is 0 Å². The highest BCUT2D eigenvalue weighted by molar-refractivity contribution is 7.17. The Morgan fingerprint density at radius 2 is 2.19 bits per heavy atom. The van der Waals surface area contributed by atoms with Gasteiger partial charge in [-0.3, -0.25) is 0 Å². The van der Waals surface area contributed by atoms with Gasteiger partial charge in [0.1, 0.15) is 5.75 Å². The number of aryl methyl sites for hydroxylation is 1. The average molecular weight is 235 g/mol. The van der Waals surface area contributed by atoms with Crippen molar-refractivity contribution in [3.63, 3.8) is 0 Å². The molecule has 0 saturated heterocycles. The summed E-state index contributed by atoms with van der Waals surface area (Å²) < 4.78 is 6.76. The Labute approximate surface area is 100 Å². The van der Waals surface area contributed by atoms with Crippen LogP contribution in [0.1, 0.15) is 18.4 Å². The number of hydrogen-bond acceptors (Lipinski definition) is 3. The molecule has 0 bridgehead atoms. The largest absolute Gasteiger partial charge is 0.496 e. The van der Waals surface area contributed by atoms with Crippen molar-refractivity contribution < 1.29 is 4.74 Å². The van der Waals surface area contributed by atoms with Crippen molar-refractivity contribution in [1.82, 2.24) is 0 Å². The highest BCUT2D eigenvalue weighted by Gasteiger charge is 2.06. The number of rotatable bonds is 5. The van der Waals surface area contributed by atoms with Gasteiger partial charge in [0.2, 0.25) is 0 Å². The molecule has 0 spiro atoms. The monoisotopic (exact) mass is 235 g/mol. The van der Waals surface area contributed by atoms with Crippen molar-refractivity contribution in [1.29, 1.82) is 0 Å². The molecule has 0 fully saturated rings. The summed E-state index contributed by atoms with van der Waals surface area (Å²) in [6, 6.07) is 6.51. The second-order valence-corrected chi connectivity index (χ2v) is 4.82. The number of unbranched alkanes of at least 4 members (excludes halogenated alkanes) is 1. The zero-order chi connectivity index (χ0) is 11.4. The lowest BCUT2D eigenvalue weighted by atomic mass is 10.1. The van der Waals surface area contributed by atoms with Gasteiger partial charge in [0, 0.05) is 4.70 Å². The summed E-state index contributed by atoms with van der Waals surface area (Å²) in [5, 5.41) is 3.39. The lowest BCUT2D eigenvalue weighted by Gasteiger charge is -2.08. The normalized spacial score (nSPS) is 10.9. The first-order valence-corrected chi connectivity index (χ1v) is 6.47. The molecule has 0 aliphatic carbocycles. The molecule has 16 heavy (non-hydrogen) atoms. The molecule has 1 heterocycles. The number of hydrogen-bond donors (Lipinski definition) is 1. The van der Waals surface area contributed by atoms with Crippen LogP contribution >= 0.6 is 11.3 Å². The second kappa shape index (κ2) is 5.32. The highest BCUT2D eigenvalue weighted by Crippen LogP contribution is 2.30. The van der Waals surface area contributed by atoms with E-state index in [2.05, 4.69) is 23.6 Å². The third kappa shape index (κ3) is 2.36. The Balaban J connectivity index is 2.26. The summed E-state index contributed by atoms with van der Waals surface area (Å²) in [6.45, 7) is 0.767. The summed E-state index contributed by atoms with van der Waals surface area (Å²) in [6.07, 6.45) is 3.25. The van der Waals surface area contributed by atoms with Crippen LogP contribution in [-0.4, -0.2) is 13.7 Å². The van der Waals surface area contributed by atoms with Crippen LogP contribution in [0.25, 0.3) is 10.1 Å². The Bertz CT molecular complexity index is 464. The highest BCUT2D eigenvalue weighted by atomic mass is 32.1. The number of benzene rings is 1. The SMILES string of the molecule is COc1cc2ccsc2cc1CCCCN. The van der Waals surface area contributed by atoms with E-state index in [-0.39, 0.29) is 0 Å². The van der Waals surface area contributed by atoms with E-state index < -0.39 is 0 Å². The minimum absolute atomic E-state index is 0.767. The van der Waals surface area contributed by atoms with E-state index in [0.29, 0.717) is 0 Å². The summed E-state index contributed by atoms with van der Waals surface area (Å²) in [5.74, 6) is 1.00. The molecule has 0 saturated carbocycles. The van der Waals surface area contributed by atoms with Crippen molar-refractivity contribution in [3.05, 3.63) is 29.1 Å². The van der Waals surface area contributed by atoms with Crippen molar-refractivity contribution in [2.75, 3.05) is 13.7 Å². The lowest BCUT2D eigenvalue weighted by molar-refractivity contribution is 0.409. The van der Waals surface area contributed by atoms with Gasteiger partial charge < -0.3 is 10.5 Å². The number of methoxy groups -OCH3 is 1. The third-order valence-electron chi connectivity index (χ3n) is 2.76. The van der Waals surface area contributed by atoms with Crippen LogP contribution in [0.4, 0.5) is 0 Å². The molecule has 0 radical (unpaired) electrons. The number of fused-ring (bicyclic) bond motifs is 1. The maximum Gasteiger partial charge on any atom is 0.122 e. The van der Waals surface area contributed by atoms with Crippen LogP contribution in [0, 0.1) is 0 Å². The number of nitrogens with two attached hydrogens (primary N) is 1. The second-order valence-electron chi connectivity index (χ2n) is 3.87. The summed E-state index contributed by atoms with van der Waals surface area (Å²) in [4.78, 5) is 0. The fourth-order valence-electron chi connectivity index (χ4n) is 1.88. The zero-order valence-corrected chi connectivity index (χ0v) is 10.3. The smallest absolute Gasteiger partial charge is 0.122 e. The maximum atomic E-state index is 5.51. The Kier molecular flexibility index (Phi) is 3.80. The zero-order valence-electron chi connectivity index (χ0n) is 9.53. The average Bonchev–Trinajstić information content (AvgIpc) is 2.75. The summed E-state index contributed by atoms with van der Waals surface area (Å²) in [7, 11) is 1.74. The van der Waals surface area contributed by atoms with Gasteiger partial charge >= 0.3 is 0 Å². The topological polar surface area (TPSA) is 35.2 Å². The first-order chi connectivity index (χ1) is 7.85. The van der Waals surface area contributed by atoms with Gasteiger partial charge in [0.05, 0.1) is 7.11 Å². The lowest BCUT2D eigenvalue weighted by Crippen LogP contribution is -1.99. The Morgan fingerprint density at radius 3 is 2.94 bits per heavy atom. The number of thiophene rings is 1. The van der Waals surface area contributed by atoms with Crippen LogP contribution in [0.5, 0.6) is 5.75 Å². The predicted octanol–water partition coefficient (Wildman–Crippen LogP) is 3.19. The van der Waals surface area contributed by atoms with Gasteiger partial charge in [0.15, 0.2) is 0 Å². The van der Waals surface area contributed by atoms with E-state index >= 15 is 0 Å². The minimum Gasteiger partial charge on any atom is -0.496 e. The molecular weight excluding hydrogens is 218 g/mol. The molecule has 2 N–H and O–H groups in total. The van der Waals surface area contributed by atoms with Crippen LogP contribution in [0.2, 0.25) is 0 Å². The van der Waals surface area contributed by atoms with Crippen LogP contribution in [0.15, 0.2) is 23.6 Å². The molecule has 2 rings (SSSR count). The predicted molar refractivity (Wildman–Crippen MR) is 70.4 cm³/mol. The molecule has 1 aromatic carbocycles. The van der Waals surface area contributed by atoms with Crippen LogP contribution < -0.4 is 10.5 Å². The molecule has 0 amide bonds. The molecular formula is C13H17NOS. The molecule has 1 aromatic heterocycles. The van der Waals surface area contributed by atoms with Crippen molar-refractivity contribution >= 4 is 21.4 Å². The van der Waals surface area contributed by atoms with Crippen molar-refractivity contribution in [2.24, 2.45) is 5.73 Å². The minimum atomic E-state index is 0.767. The van der Waals surface area contributed by atoms with E-state index in [1.807, 2.05) is 0 Å². The molecule has 2 aromatic rings. The summed E-state index contributed by atoms with van der Waals surface area (Å²) >= 11 is 1.78. The molecule has 0 unspecified atom stereocenters. The Hall–Kier alpha value is -1.06. The standard InChI is InChI=1S/C13H17NOS/c1-15-12-8-11-5-7-16-13(11)9-10(12)4-2-3-6-14/h5,7-9H,2-4,6,14H2,1H3. The first kappa shape index (κ1) is 11.4. The van der Waals surface area contributed by atoms with Gasteiger partial charge in [-0.1, -0.05) is 0 Å². The first-order valence-electron chi connectivity index (χ1n) is 5.59. The quantitative estimate of drug-likeness (QED) is 0.808. The van der Waals surface area contributed by atoms with Crippen molar-refractivity contribution in [3.8, 4) is 5.75 Å².